The van der Waals surface area contributed by atoms with Crippen molar-refractivity contribution in [2.45, 2.75) is 6.04 Å². The molecule has 1 unspecified atom stereocenters. The second kappa shape index (κ2) is 4.42. The van der Waals surface area contributed by atoms with Crippen LogP contribution < -0.4 is 16.0 Å². The maximum atomic E-state index is 11.9. The molecule has 1 aromatic carbocycles. The number of nitrogens with two attached hydrogens (primary N) is 1. The third-order valence-electron chi connectivity index (χ3n) is 2.50. The lowest BCUT2D eigenvalue weighted by Gasteiger charge is -2.12. The molecule has 1 fully saturated rings. The van der Waals surface area contributed by atoms with E-state index in [1.165, 1.54) is 7.11 Å². The molecule has 1 aromatic rings. The van der Waals surface area contributed by atoms with Crippen LogP contribution in [0.15, 0.2) is 24.3 Å². The van der Waals surface area contributed by atoms with Gasteiger partial charge in [-0.3, -0.25) is 4.79 Å². The number of rotatable bonds is 3. The first kappa shape index (κ1) is 11.4. The molecule has 0 aromatic heterocycles. The Morgan fingerprint density at radius 3 is 2.59 bits per heavy atom. The second-order valence-corrected chi connectivity index (χ2v) is 3.72. The van der Waals surface area contributed by atoms with Gasteiger partial charge in [0, 0.05) is 12.8 Å². The van der Waals surface area contributed by atoms with Gasteiger partial charge in [-0.1, -0.05) is 0 Å². The predicted octanol–water partition coefficient (Wildman–Crippen LogP) is 0.340. The molecule has 1 saturated heterocycles. The van der Waals surface area contributed by atoms with Crippen molar-refractivity contribution in [3.05, 3.63) is 24.3 Å². The van der Waals surface area contributed by atoms with Crippen LogP contribution >= 0.6 is 0 Å². The highest BCUT2D eigenvalue weighted by Crippen LogP contribution is 2.20. The highest BCUT2D eigenvalue weighted by Gasteiger charge is 2.38. The monoisotopic (exact) mass is 235 g/mol. The Kier molecular flexibility index (Phi) is 2.97. The number of hydrogen-bond donors (Lipinski definition) is 2. The maximum absolute atomic E-state index is 11.9. The van der Waals surface area contributed by atoms with Gasteiger partial charge in [-0.15, -0.1) is 0 Å². The highest BCUT2D eigenvalue weighted by molar-refractivity contribution is 6.21. The van der Waals surface area contributed by atoms with E-state index in [-0.39, 0.29) is 12.5 Å². The van der Waals surface area contributed by atoms with Crippen molar-refractivity contribution in [3.8, 4) is 0 Å². The molecule has 0 radical (unpaired) electrons. The summed E-state index contributed by atoms with van der Waals surface area (Å²) in [5.41, 5.74) is 6.62. The van der Waals surface area contributed by atoms with Crippen molar-refractivity contribution in [3.63, 3.8) is 0 Å². The largest absolute Gasteiger partial charge is 0.399 e. The van der Waals surface area contributed by atoms with Crippen LogP contribution in [0.3, 0.4) is 0 Å². The van der Waals surface area contributed by atoms with E-state index in [9.17, 15) is 9.59 Å². The zero-order valence-electron chi connectivity index (χ0n) is 9.34. The van der Waals surface area contributed by atoms with Crippen LogP contribution in [0.4, 0.5) is 16.2 Å². The van der Waals surface area contributed by atoms with Crippen LogP contribution in [0.1, 0.15) is 0 Å². The lowest BCUT2D eigenvalue weighted by atomic mass is 10.2. The predicted molar refractivity (Wildman–Crippen MR) is 62.5 cm³/mol. The quantitative estimate of drug-likeness (QED) is 0.584. The number of amides is 3. The van der Waals surface area contributed by atoms with Gasteiger partial charge in [0.15, 0.2) is 0 Å². The summed E-state index contributed by atoms with van der Waals surface area (Å²) < 4.78 is 4.87. The SMILES string of the molecule is COCC1NC(=O)N(c2ccc(N)cc2)C1=O. The minimum Gasteiger partial charge on any atom is -0.399 e. The number of nitrogens with one attached hydrogen (secondary N) is 1. The summed E-state index contributed by atoms with van der Waals surface area (Å²) in [5.74, 6) is -0.318. The third kappa shape index (κ3) is 2.07. The van der Waals surface area contributed by atoms with Gasteiger partial charge in [0.25, 0.3) is 5.91 Å². The second-order valence-electron chi connectivity index (χ2n) is 3.72. The van der Waals surface area contributed by atoms with Gasteiger partial charge in [0.05, 0.1) is 12.3 Å². The Morgan fingerprint density at radius 2 is 2.00 bits per heavy atom. The molecule has 90 valence electrons. The Labute approximate surface area is 98.3 Å². The molecule has 3 amide bonds. The van der Waals surface area contributed by atoms with E-state index in [4.69, 9.17) is 10.5 Å². The molecule has 1 aliphatic heterocycles. The number of anilines is 2. The zero-order valence-corrected chi connectivity index (χ0v) is 9.34. The van der Waals surface area contributed by atoms with E-state index in [1.54, 1.807) is 24.3 Å². The van der Waals surface area contributed by atoms with Crippen LogP contribution in [-0.2, 0) is 9.53 Å². The summed E-state index contributed by atoms with van der Waals surface area (Å²) in [6.07, 6.45) is 0. The normalized spacial score (nSPS) is 19.6. The summed E-state index contributed by atoms with van der Waals surface area (Å²) in [7, 11) is 1.48. The fraction of sp³-hybridized carbons (Fsp3) is 0.273. The number of hydrogen-bond acceptors (Lipinski definition) is 4. The number of ether oxygens (including phenoxy) is 1. The van der Waals surface area contributed by atoms with Gasteiger partial charge in [-0.2, -0.15) is 0 Å². The average molecular weight is 235 g/mol. The number of nitrogen functional groups attached to an aromatic ring is 1. The Hall–Kier alpha value is -2.08. The number of benzene rings is 1. The van der Waals surface area contributed by atoms with E-state index in [0.717, 1.165) is 4.90 Å². The molecule has 1 atom stereocenters. The minimum absolute atomic E-state index is 0.163. The molecular formula is C11H13N3O3. The van der Waals surface area contributed by atoms with Crippen molar-refractivity contribution >= 4 is 23.3 Å². The van der Waals surface area contributed by atoms with E-state index in [0.29, 0.717) is 11.4 Å². The zero-order chi connectivity index (χ0) is 12.4. The Bertz CT molecular complexity index is 444. The van der Waals surface area contributed by atoms with Crippen LogP contribution in [0.2, 0.25) is 0 Å². The first-order valence-electron chi connectivity index (χ1n) is 5.12. The van der Waals surface area contributed by atoms with Crippen molar-refractivity contribution in [1.82, 2.24) is 5.32 Å². The van der Waals surface area contributed by atoms with Gasteiger partial charge in [0.2, 0.25) is 0 Å². The van der Waals surface area contributed by atoms with Crippen LogP contribution in [0, 0.1) is 0 Å². The molecule has 0 saturated carbocycles. The van der Waals surface area contributed by atoms with Crippen molar-refractivity contribution in [2.75, 3.05) is 24.4 Å². The molecule has 1 heterocycles. The van der Waals surface area contributed by atoms with Crippen LogP contribution in [0.25, 0.3) is 0 Å². The standard InChI is InChI=1S/C11H13N3O3/c1-17-6-9-10(15)14(11(16)13-9)8-4-2-7(12)3-5-8/h2-5,9H,6,12H2,1H3,(H,13,16). The van der Waals surface area contributed by atoms with Crippen molar-refractivity contribution in [2.24, 2.45) is 0 Å². The first-order valence-corrected chi connectivity index (χ1v) is 5.12. The lowest BCUT2D eigenvalue weighted by Crippen LogP contribution is -2.34. The van der Waals surface area contributed by atoms with Gasteiger partial charge in [-0.25, -0.2) is 9.69 Å². The molecular weight excluding hydrogens is 222 g/mol. The van der Waals surface area contributed by atoms with Crippen LogP contribution in [-0.4, -0.2) is 31.7 Å². The first-order chi connectivity index (χ1) is 8.13. The lowest BCUT2D eigenvalue weighted by molar-refractivity contribution is -0.119. The summed E-state index contributed by atoms with van der Waals surface area (Å²) in [4.78, 5) is 24.7. The van der Waals surface area contributed by atoms with E-state index < -0.39 is 12.1 Å². The van der Waals surface area contributed by atoms with Crippen LogP contribution in [0.5, 0.6) is 0 Å². The van der Waals surface area contributed by atoms with E-state index in [2.05, 4.69) is 5.32 Å². The molecule has 17 heavy (non-hydrogen) atoms. The molecule has 0 bridgehead atoms. The Balaban J connectivity index is 2.24. The smallest absolute Gasteiger partial charge is 0.329 e. The summed E-state index contributed by atoms with van der Waals surface area (Å²) in [6.45, 7) is 0.163. The van der Waals surface area contributed by atoms with E-state index >= 15 is 0 Å². The van der Waals surface area contributed by atoms with Gasteiger partial charge in [0.1, 0.15) is 6.04 Å². The maximum Gasteiger partial charge on any atom is 0.329 e. The van der Waals surface area contributed by atoms with Crippen molar-refractivity contribution < 1.29 is 14.3 Å². The van der Waals surface area contributed by atoms with E-state index in [1.807, 2.05) is 0 Å². The highest BCUT2D eigenvalue weighted by atomic mass is 16.5. The Morgan fingerprint density at radius 1 is 1.35 bits per heavy atom. The molecule has 6 nitrogen and oxygen atoms in total. The number of imide groups is 1. The molecule has 0 aliphatic carbocycles. The minimum atomic E-state index is -0.620. The topological polar surface area (TPSA) is 84.7 Å². The number of carbonyl (C=O) groups excluding carboxylic acids is 2. The molecule has 1 aliphatic rings. The fourth-order valence-corrected chi connectivity index (χ4v) is 1.68. The molecule has 6 heteroatoms. The van der Waals surface area contributed by atoms with Crippen molar-refractivity contribution in [1.29, 1.82) is 0 Å². The fourth-order valence-electron chi connectivity index (χ4n) is 1.68. The molecule has 0 spiro atoms. The summed E-state index contributed by atoms with van der Waals surface area (Å²) in [5, 5.41) is 2.55. The summed E-state index contributed by atoms with van der Waals surface area (Å²) >= 11 is 0. The molecule has 3 N–H and O–H groups in total. The molecule has 2 rings (SSSR count). The average Bonchev–Trinajstić information content (AvgIpc) is 2.57. The number of nitrogens with zero attached hydrogens (tertiary/aromatic N) is 1. The number of methoxy groups -OCH3 is 1. The number of carbonyl (C=O) groups is 2. The third-order valence-corrected chi connectivity index (χ3v) is 2.50. The number of urea groups is 1. The van der Waals surface area contributed by atoms with Gasteiger partial charge < -0.3 is 15.8 Å². The van der Waals surface area contributed by atoms with Gasteiger partial charge in [-0.05, 0) is 24.3 Å². The summed E-state index contributed by atoms with van der Waals surface area (Å²) in [6, 6.07) is 5.47. The van der Waals surface area contributed by atoms with Gasteiger partial charge >= 0.3 is 6.03 Å².